The molecule has 0 aliphatic heterocycles. The van der Waals surface area contributed by atoms with Crippen LogP contribution in [0.2, 0.25) is 0 Å². The van der Waals surface area contributed by atoms with Crippen molar-refractivity contribution in [1.29, 1.82) is 0 Å². The van der Waals surface area contributed by atoms with Gasteiger partial charge in [0.1, 0.15) is 0 Å². The second-order valence-corrected chi connectivity index (χ2v) is 4.63. The van der Waals surface area contributed by atoms with E-state index in [0.717, 1.165) is 29.9 Å². The Morgan fingerprint density at radius 1 is 1.53 bits per heavy atom. The number of nitrogens with zero attached hydrogens (tertiary/aromatic N) is 2. The van der Waals surface area contributed by atoms with Crippen molar-refractivity contribution in [3.8, 4) is 0 Å². The number of nitrogens with one attached hydrogen (secondary N) is 1. The third-order valence-corrected chi connectivity index (χ3v) is 3.45. The summed E-state index contributed by atoms with van der Waals surface area (Å²) in [5.41, 5.74) is 2.69. The van der Waals surface area contributed by atoms with Crippen molar-refractivity contribution in [3.05, 3.63) is 30.2 Å². The maximum absolute atomic E-state index is 11.9. The van der Waals surface area contributed by atoms with Gasteiger partial charge in [-0.3, -0.25) is 4.79 Å². The van der Waals surface area contributed by atoms with Crippen LogP contribution in [0.4, 0.5) is 5.69 Å². The Hall–Kier alpha value is -1.84. The van der Waals surface area contributed by atoms with Crippen LogP contribution in [0.25, 0.3) is 5.65 Å². The molecule has 0 radical (unpaired) electrons. The summed E-state index contributed by atoms with van der Waals surface area (Å²) in [6, 6.07) is 3.83. The van der Waals surface area contributed by atoms with Gasteiger partial charge in [-0.15, -0.1) is 0 Å². The SMILES string of the molecule is Cc1cnc2c(NC(=O)C3CCC3)cccn12. The second kappa shape index (κ2) is 3.87. The Morgan fingerprint density at radius 2 is 2.35 bits per heavy atom. The monoisotopic (exact) mass is 229 g/mol. The molecule has 0 aromatic carbocycles. The average molecular weight is 229 g/mol. The van der Waals surface area contributed by atoms with E-state index in [1.165, 1.54) is 6.42 Å². The van der Waals surface area contributed by atoms with E-state index < -0.39 is 0 Å². The van der Waals surface area contributed by atoms with E-state index >= 15 is 0 Å². The van der Waals surface area contributed by atoms with Crippen LogP contribution in [0.15, 0.2) is 24.5 Å². The molecule has 2 aromatic rings. The van der Waals surface area contributed by atoms with Gasteiger partial charge in [0.15, 0.2) is 5.65 Å². The van der Waals surface area contributed by atoms with Crippen molar-refractivity contribution in [2.45, 2.75) is 26.2 Å². The molecule has 17 heavy (non-hydrogen) atoms. The Labute approximate surface area is 99.7 Å². The largest absolute Gasteiger partial charge is 0.323 e. The van der Waals surface area contributed by atoms with Crippen LogP contribution in [0, 0.1) is 12.8 Å². The van der Waals surface area contributed by atoms with Crippen LogP contribution in [-0.2, 0) is 4.79 Å². The zero-order valence-electron chi connectivity index (χ0n) is 9.81. The van der Waals surface area contributed by atoms with Gasteiger partial charge in [-0.25, -0.2) is 4.98 Å². The number of carbonyl (C=O) groups excluding carboxylic acids is 1. The van der Waals surface area contributed by atoms with Gasteiger partial charge in [0.2, 0.25) is 5.91 Å². The van der Waals surface area contributed by atoms with Gasteiger partial charge >= 0.3 is 0 Å². The molecule has 0 saturated heterocycles. The summed E-state index contributed by atoms with van der Waals surface area (Å²) in [4.78, 5) is 16.2. The van der Waals surface area contributed by atoms with E-state index in [9.17, 15) is 4.79 Å². The van der Waals surface area contributed by atoms with Gasteiger partial charge in [-0.05, 0) is 31.9 Å². The molecule has 4 heteroatoms. The minimum Gasteiger partial charge on any atom is -0.323 e. The van der Waals surface area contributed by atoms with Crippen molar-refractivity contribution in [2.75, 3.05) is 5.32 Å². The lowest BCUT2D eigenvalue weighted by atomic mass is 9.85. The number of aryl methyl sites for hydroxylation is 1. The Balaban J connectivity index is 1.91. The molecule has 3 rings (SSSR count). The summed E-state index contributed by atoms with van der Waals surface area (Å²) in [7, 11) is 0. The fourth-order valence-corrected chi connectivity index (χ4v) is 2.14. The molecule has 2 heterocycles. The second-order valence-electron chi connectivity index (χ2n) is 4.63. The lowest BCUT2D eigenvalue weighted by Crippen LogP contribution is -2.28. The molecule has 0 bridgehead atoms. The number of pyridine rings is 1. The molecular weight excluding hydrogens is 214 g/mol. The van der Waals surface area contributed by atoms with E-state index in [-0.39, 0.29) is 11.8 Å². The maximum Gasteiger partial charge on any atom is 0.227 e. The van der Waals surface area contributed by atoms with E-state index in [4.69, 9.17) is 0 Å². The first-order valence-corrected chi connectivity index (χ1v) is 5.99. The van der Waals surface area contributed by atoms with Crippen molar-refractivity contribution >= 4 is 17.2 Å². The van der Waals surface area contributed by atoms with Gasteiger partial charge in [0.05, 0.1) is 5.69 Å². The van der Waals surface area contributed by atoms with Crippen LogP contribution in [0.5, 0.6) is 0 Å². The van der Waals surface area contributed by atoms with Crippen molar-refractivity contribution in [1.82, 2.24) is 9.38 Å². The van der Waals surface area contributed by atoms with Crippen molar-refractivity contribution in [3.63, 3.8) is 0 Å². The van der Waals surface area contributed by atoms with Crippen LogP contribution in [0.1, 0.15) is 25.0 Å². The molecular formula is C13H15N3O. The van der Waals surface area contributed by atoms with Crippen LogP contribution < -0.4 is 5.32 Å². The zero-order valence-corrected chi connectivity index (χ0v) is 9.81. The highest BCUT2D eigenvalue weighted by atomic mass is 16.1. The summed E-state index contributed by atoms with van der Waals surface area (Å²) < 4.78 is 1.98. The number of amides is 1. The van der Waals surface area contributed by atoms with Crippen LogP contribution >= 0.6 is 0 Å². The number of hydrogen-bond acceptors (Lipinski definition) is 2. The highest BCUT2D eigenvalue weighted by Gasteiger charge is 2.25. The van der Waals surface area contributed by atoms with Crippen molar-refractivity contribution in [2.24, 2.45) is 5.92 Å². The zero-order chi connectivity index (χ0) is 11.8. The molecule has 1 saturated carbocycles. The molecule has 1 amide bonds. The first kappa shape index (κ1) is 10.3. The van der Waals surface area contributed by atoms with Crippen LogP contribution in [0.3, 0.4) is 0 Å². The number of carbonyl (C=O) groups is 1. The highest BCUT2D eigenvalue weighted by molar-refractivity contribution is 5.96. The summed E-state index contributed by atoms with van der Waals surface area (Å²) in [6.07, 6.45) is 6.97. The number of rotatable bonds is 2. The molecule has 0 unspecified atom stereocenters. The topological polar surface area (TPSA) is 46.4 Å². The summed E-state index contributed by atoms with van der Waals surface area (Å²) >= 11 is 0. The first-order chi connectivity index (χ1) is 8.25. The van der Waals surface area contributed by atoms with E-state index in [1.54, 1.807) is 0 Å². The third kappa shape index (κ3) is 1.69. The third-order valence-electron chi connectivity index (χ3n) is 3.45. The Morgan fingerprint density at radius 3 is 3.06 bits per heavy atom. The van der Waals surface area contributed by atoms with Crippen LogP contribution in [-0.4, -0.2) is 15.3 Å². The fourth-order valence-electron chi connectivity index (χ4n) is 2.14. The molecule has 1 aliphatic carbocycles. The fraction of sp³-hybridized carbons (Fsp3) is 0.385. The average Bonchev–Trinajstić information content (AvgIpc) is 2.59. The molecule has 0 atom stereocenters. The lowest BCUT2D eigenvalue weighted by Gasteiger charge is -2.24. The molecule has 88 valence electrons. The maximum atomic E-state index is 11.9. The first-order valence-electron chi connectivity index (χ1n) is 5.99. The molecule has 4 nitrogen and oxygen atoms in total. The van der Waals surface area contributed by atoms with E-state index in [1.807, 2.05) is 35.9 Å². The van der Waals surface area contributed by atoms with Crippen molar-refractivity contribution < 1.29 is 4.79 Å². The summed E-state index contributed by atoms with van der Waals surface area (Å²) in [6.45, 7) is 2.00. The van der Waals surface area contributed by atoms with Gasteiger partial charge in [-0.1, -0.05) is 6.42 Å². The van der Waals surface area contributed by atoms with E-state index in [0.29, 0.717) is 0 Å². The molecule has 0 spiro atoms. The smallest absolute Gasteiger partial charge is 0.227 e. The molecule has 2 aromatic heterocycles. The number of hydrogen-bond donors (Lipinski definition) is 1. The number of anilines is 1. The molecule has 1 N–H and O–H groups in total. The minimum atomic E-state index is 0.130. The Kier molecular flexibility index (Phi) is 2.35. The van der Waals surface area contributed by atoms with Gasteiger partial charge in [0, 0.05) is 24.0 Å². The predicted molar refractivity (Wildman–Crippen MR) is 65.9 cm³/mol. The molecule has 1 fully saturated rings. The summed E-state index contributed by atoms with van der Waals surface area (Å²) in [5.74, 6) is 0.330. The number of imidazole rings is 1. The van der Waals surface area contributed by atoms with Gasteiger partial charge in [0.25, 0.3) is 0 Å². The summed E-state index contributed by atoms with van der Waals surface area (Å²) in [5, 5.41) is 2.98. The highest BCUT2D eigenvalue weighted by Crippen LogP contribution is 2.28. The van der Waals surface area contributed by atoms with E-state index in [2.05, 4.69) is 10.3 Å². The quantitative estimate of drug-likeness (QED) is 0.859. The Bertz CT molecular complexity index is 569. The minimum absolute atomic E-state index is 0.130. The van der Waals surface area contributed by atoms with Gasteiger partial charge < -0.3 is 9.72 Å². The number of fused-ring (bicyclic) bond motifs is 1. The normalized spacial score (nSPS) is 15.8. The lowest BCUT2D eigenvalue weighted by molar-refractivity contribution is -0.122. The number of aromatic nitrogens is 2. The standard InChI is InChI=1S/C13H15N3O/c1-9-8-14-12-11(6-3-7-16(9)12)15-13(17)10-4-2-5-10/h3,6-8,10H,2,4-5H2,1H3,(H,15,17). The predicted octanol–water partition coefficient (Wildman–Crippen LogP) is 2.38. The molecule has 1 aliphatic rings. The van der Waals surface area contributed by atoms with Gasteiger partial charge in [-0.2, -0.15) is 0 Å².